The molecule has 0 N–H and O–H groups in total. The van der Waals surface area contributed by atoms with Gasteiger partial charge in [0, 0.05) is 30.9 Å². The summed E-state index contributed by atoms with van der Waals surface area (Å²) in [6.07, 6.45) is 5.69. The van der Waals surface area contributed by atoms with Crippen LogP contribution < -0.4 is 4.90 Å². The van der Waals surface area contributed by atoms with Crippen molar-refractivity contribution in [2.75, 3.05) is 24.5 Å². The van der Waals surface area contributed by atoms with Crippen LogP contribution in [0.5, 0.6) is 0 Å². The number of hydrogen-bond donors (Lipinski definition) is 0. The first kappa shape index (κ1) is 17.0. The van der Waals surface area contributed by atoms with E-state index in [1.54, 1.807) is 6.07 Å². The molecule has 2 aliphatic rings. The molecule has 0 spiro atoms. The first-order chi connectivity index (χ1) is 11.6. The lowest BCUT2D eigenvalue weighted by Gasteiger charge is -2.28. The van der Waals surface area contributed by atoms with Crippen LogP contribution in [0.2, 0.25) is 0 Å². The van der Waals surface area contributed by atoms with Gasteiger partial charge >= 0.3 is 0 Å². The van der Waals surface area contributed by atoms with Crippen LogP contribution in [0.1, 0.15) is 38.2 Å². The molecule has 4 nitrogen and oxygen atoms in total. The molecule has 2 amide bonds. The maximum atomic E-state index is 14.4. The molecule has 0 bridgehead atoms. The van der Waals surface area contributed by atoms with Gasteiger partial charge in [-0.05, 0) is 61.7 Å². The first-order valence-corrected chi connectivity index (χ1v) is 9.21. The summed E-state index contributed by atoms with van der Waals surface area (Å²) in [6.45, 7) is 4.22. The van der Waals surface area contributed by atoms with E-state index in [-0.39, 0.29) is 21.9 Å². The minimum atomic E-state index is -0.361. The van der Waals surface area contributed by atoms with E-state index >= 15 is 0 Å². The van der Waals surface area contributed by atoms with Crippen LogP contribution in [0, 0.1) is 5.82 Å². The molecule has 2 saturated heterocycles. The maximum absolute atomic E-state index is 14.4. The summed E-state index contributed by atoms with van der Waals surface area (Å²) in [7, 11) is 0. The number of imide groups is 1. The summed E-state index contributed by atoms with van der Waals surface area (Å²) < 4.78 is 14.4. The second kappa shape index (κ2) is 7.38. The second-order valence-corrected chi connectivity index (χ2v) is 7.08. The zero-order valence-electron chi connectivity index (χ0n) is 13.8. The third-order valence-electron chi connectivity index (χ3n) is 4.31. The number of anilines is 1. The van der Waals surface area contributed by atoms with Gasteiger partial charge in [-0.1, -0.05) is 6.92 Å². The summed E-state index contributed by atoms with van der Waals surface area (Å²) in [5.41, 5.74) is 1.22. The van der Waals surface area contributed by atoms with Gasteiger partial charge in [-0.3, -0.25) is 14.5 Å². The maximum Gasteiger partial charge on any atom is 0.293 e. The largest absolute Gasteiger partial charge is 0.371 e. The highest BCUT2D eigenvalue weighted by Crippen LogP contribution is 2.33. The van der Waals surface area contributed by atoms with Gasteiger partial charge in [0.2, 0.25) is 0 Å². The minimum Gasteiger partial charge on any atom is -0.371 e. The fourth-order valence-electron chi connectivity index (χ4n) is 3.04. The number of rotatable bonds is 4. The van der Waals surface area contributed by atoms with Crippen molar-refractivity contribution in [3.8, 4) is 0 Å². The van der Waals surface area contributed by atoms with Crippen LogP contribution in [-0.2, 0) is 4.79 Å². The topological polar surface area (TPSA) is 40.6 Å². The van der Waals surface area contributed by atoms with E-state index in [1.807, 2.05) is 13.0 Å². The molecular formula is C18H21FN2O2S. The molecule has 24 heavy (non-hydrogen) atoms. The van der Waals surface area contributed by atoms with Gasteiger partial charge in [0.1, 0.15) is 5.82 Å². The number of amides is 2. The Morgan fingerprint density at radius 2 is 1.96 bits per heavy atom. The molecule has 3 rings (SSSR count). The molecule has 2 fully saturated rings. The second-order valence-electron chi connectivity index (χ2n) is 6.09. The molecule has 0 radical (unpaired) electrons. The molecule has 2 heterocycles. The molecular weight excluding hydrogens is 327 g/mol. The number of thioether (sulfide) groups is 1. The minimum absolute atomic E-state index is 0.279. The van der Waals surface area contributed by atoms with Crippen molar-refractivity contribution >= 4 is 34.7 Å². The lowest BCUT2D eigenvalue weighted by atomic mass is 10.1. The first-order valence-electron chi connectivity index (χ1n) is 8.40. The molecule has 0 unspecified atom stereocenters. The third-order valence-corrected chi connectivity index (χ3v) is 5.22. The van der Waals surface area contributed by atoms with E-state index in [0.717, 1.165) is 43.4 Å². The molecule has 6 heteroatoms. The van der Waals surface area contributed by atoms with Gasteiger partial charge in [-0.2, -0.15) is 0 Å². The smallest absolute Gasteiger partial charge is 0.293 e. The van der Waals surface area contributed by atoms with Crippen molar-refractivity contribution in [3.63, 3.8) is 0 Å². The summed E-state index contributed by atoms with van der Waals surface area (Å²) in [5, 5.41) is -0.279. The Balaban J connectivity index is 1.80. The number of carbonyl (C=O) groups is 2. The van der Waals surface area contributed by atoms with E-state index in [0.29, 0.717) is 18.5 Å². The van der Waals surface area contributed by atoms with Crippen molar-refractivity contribution in [1.82, 2.24) is 4.90 Å². The standard InChI is InChI=1S/C18H21FN2O2S/c1-2-8-21-17(22)16(24-18(21)23)11-13-6-7-14(12-15(13)19)20-9-4-3-5-10-20/h6-7,11-12H,2-5,8-10H2,1H3/b16-11+. The van der Waals surface area contributed by atoms with Crippen LogP contribution in [0.3, 0.4) is 0 Å². The molecule has 0 aromatic heterocycles. The molecule has 0 saturated carbocycles. The van der Waals surface area contributed by atoms with Crippen LogP contribution in [-0.4, -0.2) is 35.7 Å². The SMILES string of the molecule is CCCN1C(=O)S/C(=C/c2ccc(N3CCCCC3)cc2F)C1=O. The Hall–Kier alpha value is -1.82. The van der Waals surface area contributed by atoms with Gasteiger partial charge in [0.05, 0.1) is 4.91 Å². The number of halogens is 1. The summed E-state index contributed by atoms with van der Waals surface area (Å²) in [6, 6.07) is 5.09. The van der Waals surface area contributed by atoms with Gasteiger partial charge < -0.3 is 4.90 Å². The normalized spacial score (nSPS) is 20.3. The van der Waals surface area contributed by atoms with Crippen molar-refractivity contribution in [3.05, 3.63) is 34.5 Å². The van der Waals surface area contributed by atoms with Crippen molar-refractivity contribution in [1.29, 1.82) is 0 Å². The predicted octanol–water partition coefficient (Wildman–Crippen LogP) is 4.26. The van der Waals surface area contributed by atoms with Crippen molar-refractivity contribution in [2.24, 2.45) is 0 Å². The Kier molecular flexibility index (Phi) is 5.23. The number of hydrogen-bond acceptors (Lipinski definition) is 4. The Morgan fingerprint density at radius 3 is 2.62 bits per heavy atom. The number of benzene rings is 1. The van der Waals surface area contributed by atoms with E-state index in [1.165, 1.54) is 23.5 Å². The highest BCUT2D eigenvalue weighted by molar-refractivity contribution is 8.18. The van der Waals surface area contributed by atoms with Crippen molar-refractivity contribution in [2.45, 2.75) is 32.6 Å². The summed E-state index contributed by atoms with van der Waals surface area (Å²) in [5.74, 6) is -0.688. The highest BCUT2D eigenvalue weighted by Gasteiger charge is 2.34. The van der Waals surface area contributed by atoms with Crippen LogP contribution >= 0.6 is 11.8 Å². The third kappa shape index (κ3) is 3.48. The molecule has 1 aromatic rings. The average Bonchev–Trinajstić information content (AvgIpc) is 2.85. The lowest BCUT2D eigenvalue weighted by molar-refractivity contribution is -0.122. The van der Waals surface area contributed by atoms with Crippen LogP contribution in [0.15, 0.2) is 23.1 Å². The zero-order chi connectivity index (χ0) is 17.1. The van der Waals surface area contributed by atoms with Gasteiger partial charge in [0.15, 0.2) is 0 Å². The van der Waals surface area contributed by atoms with E-state index in [9.17, 15) is 14.0 Å². The molecule has 0 aliphatic carbocycles. The Morgan fingerprint density at radius 1 is 1.21 bits per heavy atom. The fraction of sp³-hybridized carbons (Fsp3) is 0.444. The van der Waals surface area contributed by atoms with E-state index in [2.05, 4.69) is 4.90 Å². The number of carbonyl (C=O) groups excluding carboxylic acids is 2. The monoisotopic (exact) mass is 348 g/mol. The van der Waals surface area contributed by atoms with E-state index < -0.39 is 0 Å². The molecule has 0 atom stereocenters. The Labute approximate surface area is 145 Å². The number of piperidine rings is 1. The van der Waals surface area contributed by atoms with E-state index in [4.69, 9.17) is 0 Å². The van der Waals surface area contributed by atoms with Gasteiger partial charge in [0.25, 0.3) is 11.1 Å². The highest BCUT2D eigenvalue weighted by atomic mass is 32.2. The Bertz CT molecular complexity index is 684. The zero-order valence-corrected chi connectivity index (χ0v) is 14.6. The van der Waals surface area contributed by atoms with Crippen LogP contribution in [0.25, 0.3) is 6.08 Å². The van der Waals surface area contributed by atoms with Crippen LogP contribution in [0.4, 0.5) is 14.9 Å². The quantitative estimate of drug-likeness (QED) is 0.762. The number of nitrogens with zero attached hydrogens (tertiary/aromatic N) is 2. The van der Waals surface area contributed by atoms with Crippen molar-refractivity contribution < 1.29 is 14.0 Å². The van der Waals surface area contributed by atoms with Gasteiger partial charge in [-0.15, -0.1) is 0 Å². The molecule has 128 valence electrons. The summed E-state index contributed by atoms with van der Waals surface area (Å²) in [4.78, 5) is 27.8. The van der Waals surface area contributed by atoms with Gasteiger partial charge in [-0.25, -0.2) is 4.39 Å². The lowest BCUT2D eigenvalue weighted by Crippen LogP contribution is -2.29. The summed E-state index contributed by atoms with van der Waals surface area (Å²) >= 11 is 0.879. The predicted molar refractivity (Wildman–Crippen MR) is 95.4 cm³/mol. The average molecular weight is 348 g/mol. The molecule has 2 aliphatic heterocycles. The molecule has 1 aromatic carbocycles. The fourth-order valence-corrected chi connectivity index (χ4v) is 3.90.